The smallest absolute Gasteiger partial charge is 0.0680 e. The number of hydrogen-bond acceptors (Lipinski definition) is 2. The monoisotopic (exact) mass is 195 g/mol. The molecule has 0 aromatic heterocycles. The summed E-state index contributed by atoms with van der Waals surface area (Å²) in [5.74, 6) is 0.864. The molecule has 2 unspecified atom stereocenters. The van der Waals surface area contributed by atoms with Gasteiger partial charge in [-0.2, -0.15) is 0 Å². The van der Waals surface area contributed by atoms with Crippen molar-refractivity contribution in [2.24, 2.45) is 5.92 Å². The molecule has 2 nitrogen and oxygen atoms in total. The lowest BCUT2D eigenvalue weighted by Gasteiger charge is -2.42. The standard InChI is InChI=1S/C12H21NO/c1-13-10-4-5-11(13)8-12(14,7-10)6-9-2-3-9/h9-11,14H,2-8H2,1H3. The number of fused-ring (bicyclic) bond motifs is 2. The Balaban J connectivity index is 1.71. The highest BCUT2D eigenvalue weighted by atomic mass is 16.3. The minimum absolute atomic E-state index is 0.292. The molecule has 2 saturated heterocycles. The van der Waals surface area contributed by atoms with E-state index in [-0.39, 0.29) is 5.60 Å². The van der Waals surface area contributed by atoms with Gasteiger partial charge in [-0.1, -0.05) is 12.8 Å². The first-order valence-corrected chi connectivity index (χ1v) is 6.11. The van der Waals surface area contributed by atoms with Crippen LogP contribution in [0.5, 0.6) is 0 Å². The van der Waals surface area contributed by atoms with Crippen molar-refractivity contribution in [3.05, 3.63) is 0 Å². The lowest BCUT2D eigenvalue weighted by atomic mass is 9.82. The average Bonchev–Trinajstić information content (AvgIpc) is 2.87. The quantitative estimate of drug-likeness (QED) is 0.726. The molecule has 0 aromatic carbocycles. The molecular formula is C12H21NO. The summed E-state index contributed by atoms with van der Waals surface area (Å²) >= 11 is 0. The Hall–Kier alpha value is -0.0800. The van der Waals surface area contributed by atoms with Crippen molar-refractivity contribution >= 4 is 0 Å². The van der Waals surface area contributed by atoms with Gasteiger partial charge >= 0.3 is 0 Å². The molecule has 2 aliphatic heterocycles. The van der Waals surface area contributed by atoms with Crippen LogP contribution in [0.1, 0.15) is 44.9 Å². The van der Waals surface area contributed by atoms with Crippen LogP contribution in [-0.2, 0) is 0 Å². The van der Waals surface area contributed by atoms with Crippen molar-refractivity contribution in [2.75, 3.05) is 7.05 Å². The normalized spacial score (nSPS) is 48.4. The van der Waals surface area contributed by atoms with E-state index in [1.54, 1.807) is 0 Å². The van der Waals surface area contributed by atoms with Crippen LogP contribution in [0, 0.1) is 5.92 Å². The van der Waals surface area contributed by atoms with Crippen LogP contribution in [0.3, 0.4) is 0 Å². The number of aliphatic hydroxyl groups is 1. The van der Waals surface area contributed by atoms with E-state index >= 15 is 0 Å². The highest BCUT2D eigenvalue weighted by Crippen LogP contribution is 2.46. The van der Waals surface area contributed by atoms with Crippen molar-refractivity contribution in [3.8, 4) is 0 Å². The van der Waals surface area contributed by atoms with Gasteiger partial charge in [-0.25, -0.2) is 0 Å². The molecule has 2 atom stereocenters. The molecule has 2 bridgehead atoms. The van der Waals surface area contributed by atoms with Gasteiger partial charge in [0.1, 0.15) is 0 Å². The van der Waals surface area contributed by atoms with E-state index in [0.717, 1.165) is 25.2 Å². The van der Waals surface area contributed by atoms with Crippen LogP contribution in [0.2, 0.25) is 0 Å². The Morgan fingerprint density at radius 3 is 2.21 bits per heavy atom. The predicted octanol–water partition coefficient (Wildman–Crippen LogP) is 1.77. The van der Waals surface area contributed by atoms with E-state index in [9.17, 15) is 5.11 Å². The Bertz CT molecular complexity index is 222. The second kappa shape index (κ2) is 2.96. The molecule has 80 valence electrons. The van der Waals surface area contributed by atoms with Gasteiger partial charge in [0, 0.05) is 12.1 Å². The topological polar surface area (TPSA) is 23.5 Å². The highest BCUT2D eigenvalue weighted by molar-refractivity contribution is 5.02. The molecule has 14 heavy (non-hydrogen) atoms. The van der Waals surface area contributed by atoms with Crippen molar-refractivity contribution < 1.29 is 5.11 Å². The molecule has 2 heteroatoms. The van der Waals surface area contributed by atoms with Crippen LogP contribution in [-0.4, -0.2) is 34.7 Å². The second-order valence-electron chi connectivity index (χ2n) is 5.83. The van der Waals surface area contributed by atoms with Crippen LogP contribution in [0.4, 0.5) is 0 Å². The third-order valence-corrected chi connectivity index (χ3v) is 4.58. The average molecular weight is 195 g/mol. The summed E-state index contributed by atoms with van der Waals surface area (Å²) in [4.78, 5) is 2.50. The van der Waals surface area contributed by atoms with Gasteiger partial charge in [0.05, 0.1) is 5.60 Å². The Kier molecular flexibility index (Phi) is 1.94. The summed E-state index contributed by atoms with van der Waals surface area (Å²) in [7, 11) is 2.24. The van der Waals surface area contributed by atoms with Crippen molar-refractivity contribution in [3.63, 3.8) is 0 Å². The summed E-state index contributed by atoms with van der Waals surface area (Å²) < 4.78 is 0. The maximum atomic E-state index is 10.6. The lowest BCUT2D eigenvalue weighted by molar-refractivity contribution is -0.0535. The van der Waals surface area contributed by atoms with Gasteiger partial charge in [-0.3, -0.25) is 0 Å². The fourth-order valence-corrected chi connectivity index (χ4v) is 3.57. The first-order chi connectivity index (χ1) is 6.66. The SMILES string of the molecule is CN1C2CCC1CC(O)(CC1CC1)C2. The van der Waals surface area contributed by atoms with Gasteiger partial charge in [0.15, 0.2) is 0 Å². The predicted molar refractivity (Wildman–Crippen MR) is 56.1 cm³/mol. The minimum atomic E-state index is -0.292. The van der Waals surface area contributed by atoms with Crippen LogP contribution >= 0.6 is 0 Å². The second-order valence-corrected chi connectivity index (χ2v) is 5.83. The number of rotatable bonds is 2. The van der Waals surface area contributed by atoms with E-state index in [0.29, 0.717) is 12.1 Å². The zero-order chi connectivity index (χ0) is 9.76. The Morgan fingerprint density at radius 1 is 1.14 bits per heavy atom. The maximum absolute atomic E-state index is 10.6. The molecular weight excluding hydrogens is 174 g/mol. The fourth-order valence-electron chi connectivity index (χ4n) is 3.57. The number of hydrogen-bond donors (Lipinski definition) is 1. The van der Waals surface area contributed by atoms with Crippen LogP contribution in [0.15, 0.2) is 0 Å². The third-order valence-electron chi connectivity index (χ3n) is 4.58. The van der Waals surface area contributed by atoms with Crippen molar-refractivity contribution in [1.82, 2.24) is 4.90 Å². The molecule has 1 N–H and O–H groups in total. The van der Waals surface area contributed by atoms with Gasteiger partial charge < -0.3 is 10.0 Å². The summed E-state index contributed by atoms with van der Waals surface area (Å²) in [6, 6.07) is 1.36. The highest BCUT2D eigenvalue weighted by Gasteiger charge is 2.47. The van der Waals surface area contributed by atoms with Gasteiger partial charge in [0.2, 0.25) is 0 Å². The van der Waals surface area contributed by atoms with Crippen LogP contribution < -0.4 is 0 Å². The zero-order valence-corrected chi connectivity index (χ0v) is 9.08. The van der Waals surface area contributed by atoms with E-state index in [1.165, 1.54) is 25.7 Å². The Morgan fingerprint density at radius 2 is 1.71 bits per heavy atom. The molecule has 3 fully saturated rings. The molecule has 3 aliphatic rings. The zero-order valence-electron chi connectivity index (χ0n) is 9.08. The summed E-state index contributed by atoms with van der Waals surface area (Å²) in [6.07, 6.45) is 8.53. The van der Waals surface area contributed by atoms with Gasteiger partial charge in [-0.15, -0.1) is 0 Å². The van der Waals surface area contributed by atoms with E-state index < -0.39 is 0 Å². The van der Waals surface area contributed by atoms with E-state index in [1.807, 2.05) is 0 Å². The molecule has 2 heterocycles. The van der Waals surface area contributed by atoms with Gasteiger partial charge in [0.25, 0.3) is 0 Å². The largest absolute Gasteiger partial charge is 0.390 e. The van der Waals surface area contributed by atoms with E-state index in [2.05, 4.69) is 11.9 Å². The molecule has 0 spiro atoms. The molecule has 3 rings (SSSR count). The summed E-state index contributed by atoms with van der Waals surface area (Å²) in [6.45, 7) is 0. The first kappa shape index (κ1) is 9.17. The third kappa shape index (κ3) is 1.49. The van der Waals surface area contributed by atoms with Crippen molar-refractivity contribution in [2.45, 2.75) is 62.6 Å². The molecule has 0 amide bonds. The first-order valence-electron chi connectivity index (χ1n) is 6.11. The fraction of sp³-hybridized carbons (Fsp3) is 1.00. The maximum Gasteiger partial charge on any atom is 0.0680 e. The summed E-state index contributed by atoms with van der Waals surface area (Å²) in [5.41, 5.74) is -0.292. The van der Waals surface area contributed by atoms with Crippen LogP contribution in [0.25, 0.3) is 0 Å². The lowest BCUT2D eigenvalue weighted by Crippen LogP contribution is -2.49. The van der Waals surface area contributed by atoms with Crippen molar-refractivity contribution in [1.29, 1.82) is 0 Å². The Labute approximate surface area is 86.3 Å². The van der Waals surface area contributed by atoms with Gasteiger partial charge in [-0.05, 0) is 45.1 Å². The number of piperidine rings is 1. The minimum Gasteiger partial charge on any atom is -0.390 e. The molecule has 0 aromatic rings. The number of nitrogens with zero attached hydrogens (tertiary/aromatic N) is 1. The molecule has 1 aliphatic carbocycles. The summed E-state index contributed by atoms with van der Waals surface area (Å²) in [5, 5.41) is 10.6. The van der Waals surface area contributed by atoms with E-state index in [4.69, 9.17) is 0 Å². The molecule has 0 radical (unpaired) electrons. The molecule has 1 saturated carbocycles.